The summed E-state index contributed by atoms with van der Waals surface area (Å²) in [6.07, 6.45) is -0.135. The third-order valence-electron chi connectivity index (χ3n) is 4.50. The number of nitrogens with one attached hydrogen (secondary N) is 1. The van der Waals surface area contributed by atoms with Gasteiger partial charge in [-0.15, -0.1) is 0 Å². The van der Waals surface area contributed by atoms with Crippen LogP contribution >= 0.6 is 0 Å². The predicted octanol–water partition coefficient (Wildman–Crippen LogP) is 3.41. The van der Waals surface area contributed by atoms with Crippen molar-refractivity contribution in [1.82, 2.24) is 0 Å². The number of sulfone groups is 1. The zero-order chi connectivity index (χ0) is 19.6. The predicted molar refractivity (Wildman–Crippen MR) is 107 cm³/mol. The summed E-state index contributed by atoms with van der Waals surface area (Å²) < 4.78 is 36.1. The monoisotopic (exact) mass is 397 g/mol. The Balaban J connectivity index is 1.41. The van der Waals surface area contributed by atoms with Crippen LogP contribution in [0.1, 0.15) is 6.42 Å². The topological polar surface area (TPSA) is 81.7 Å². The normalized spacial score (nSPS) is 13.3. The third kappa shape index (κ3) is 3.94. The van der Waals surface area contributed by atoms with E-state index in [0.717, 1.165) is 10.8 Å². The molecule has 144 valence electrons. The van der Waals surface area contributed by atoms with Gasteiger partial charge in [0.15, 0.2) is 21.3 Å². The van der Waals surface area contributed by atoms with E-state index >= 15 is 0 Å². The Labute approximate surface area is 163 Å². The maximum Gasteiger partial charge on any atom is 0.225 e. The van der Waals surface area contributed by atoms with Crippen molar-refractivity contribution in [3.8, 4) is 11.5 Å². The molecule has 0 unspecified atom stereocenters. The zero-order valence-electron chi connectivity index (χ0n) is 15.1. The summed E-state index contributed by atoms with van der Waals surface area (Å²) in [5.74, 6) is 0.554. The van der Waals surface area contributed by atoms with E-state index in [-0.39, 0.29) is 23.0 Å². The number of rotatable bonds is 5. The molecule has 6 nitrogen and oxygen atoms in total. The molecule has 0 saturated carbocycles. The van der Waals surface area contributed by atoms with Crippen LogP contribution in [0.15, 0.2) is 65.6 Å². The lowest BCUT2D eigenvalue weighted by atomic mass is 10.1. The highest BCUT2D eigenvalue weighted by molar-refractivity contribution is 7.91. The molecule has 3 aromatic carbocycles. The second kappa shape index (κ2) is 7.52. The molecular weight excluding hydrogens is 378 g/mol. The van der Waals surface area contributed by atoms with Gasteiger partial charge in [-0.2, -0.15) is 0 Å². The van der Waals surface area contributed by atoms with Gasteiger partial charge in [-0.05, 0) is 35.0 Å². The van der Waals surface area contributed by atoms with E-state index in [4.69, 9.17) is 9.47 Å². The number of fused-ring (bicyclic) bond motifs is 2. The number of hydrogen-bond acceptors (Lipinski definition) is 5. The molecule has 7 heteroatoms. The molecule has 3 aromatic rings. The van der Waals surface area contributed by atoms with Crippen LogP contribution in [0.4, 0.5) is 5.69 Å². The highest BCUT2D eigenvalue weighted by Gasteiger charge is 2.18. The molecule has 0 atom stereocenters. The molecule has 1 amide bonds. The van der Waals surface area contributed by atoms with Gasteiger partial charge in [0.25, 0.3) is 0 Å². The maximum absolute atomic E-state index is 12.6. The Bertz CT molecular complexity index is 1140. The second-order valence-corrected chi connectivity index (χ2v) is 8.59. The van der Waals surface area contributed by atoms with E-state index < -0.39 is 9.84 Å². The first-order valence-electron chi connectivity index (χ1n) is 8.92. The molecule has 28 heavy (non-hydrogen) atoms. The van der Waals surface area contributed by atoms with Gasteiger partial charge in [0.1, 0.15) is 13.2 Å². The summed E-state index contributed by atoms with van der Waals surface area (Å²) >= 11 is 0. The van der Waals surface area contributed by atoms with Gasteiger partial charge in [0, 0.05) is 18.2 Å². The Hall–Kier alpha value is -3.06. The average molecular weight is 397 g/mol. The number of anilines is 1. The van der Waals surface area contributed by atoms with Crippen LogP contribution in [0.5, 0.6) is 11.5 Å². The molecular formula is C21H19NO5S. The molecule has 0 fully saturated rings. The van der Waals surface area contributed by atoms with E-state index in [0.29, 0.717) is 30.4 Å². The fraction of sp³-hybridized carbons (Fsp3) is 0.190. The van der Waals surface area contributed by atoms with Gasteiger partial charge in [-0.3, -0.25) is 4.79 Å². The van der Waals surface area contributed by atoms with Gasteiger partial charge in [-0.25, -0.2) is 8.42 Å². The smallest absolute Gasteiger partial charge is 0.225 e. The third-order valence-corrected chi connectivity index (χ3v) is 6.22. The van der Waals surface area contributed by atoms with Crippen LogP contribution in [0.3, 0.4) is 0 Å². The summed E-state index contributed by atoms with van der Waals surface area (Å²) in [6.45, 7) is 0.944. The Kier molecular flexibility index (Phi) is 4.92. The number of ether oxygens (including phenoxy) is 2. The minimum Gasteiger partial charge on any atom is -0.486 e. The lowest BCUT2D eigenvalue weighted by Gasteiger charge is -2.19. The van der Waals surface area contributed by atoms with Crippen molar-refractivity contribution >= 4 is 32.2 Å². The van der Waals surface area contributed by atoms with Crippen LogP contribution in [-0.2, 0) is 14.6 Å². The quantitative estimate of drug-likeness (QED) is 0.713. The summed E-state index contributed by atoms with van der Waals surface area (Å²) in [5.41, 5.74) is 0.539. The van der Waals surface area contributed by atoms with Crippen molar-refractivity contribution in [2.45, 2.75) is 11.3 Å². The molecule has 0 saturated heterocycles. The van der Waals surface area contributed by atoms with Crippen molar-refractivity contribution in [3.05, 3.63) is 60.7 Å². The van der Waals surface area contributed by atoms with Crippen LogP contribution in [0, 0.1) is 0 Å². The standard InChI is InChI=1S/C21H19NO5S/c23-21(22-17-6-8-19-20(14-17)27-11-10-26-19)9-12-28(24,25)18-7-5-15-3-1-2-4-16(15)13-18/h1-8,13-14H,9-12H2,(H,22,23). The minimum atomic E-state index is -3.56. The molecule has 0 radical (unpaired) electrons. The first-order chi connectivity index (χ1) is 13.5. The van der Waals surface area contributed by atoms with E-state index in [9.17, 15) is 13.2 Å². The number of carbonyl (C=O) groups excluding carboxylic acids is 1. The van der Waals surface area contributed by atoms with Crippen molar-refractivity contribution in [2.75, 3.05) is 24.3 Å². The number of hydrogen-bond donors (Lipinski definition) is 1. The first-order valence-corrected chi connectivity index (χ1v) is 10.6. The van der Waals surface area contributed by atoms with Crippen LogP contribution < -0.4 is 14.8 Å². The largest absolute Gasteiger partial charge is 0.486 e. The fourth-order valence-corrected chi connectivity index (χ4v) is 4.32. The van der Waals surface area contributed by atoms with Gasteiger partial charge in [0.2, 0.25) is 5.91 Å². The van der Waals surface area contributed by atoms with E-state index in [1.165, 1.54) is 0 Å². The zero-order valence-corrected chi connectivity index (χ0v) is 15.9. The number of benzene rings is 3. The number of amides is 1. The van der Waals surface area contributed by atoms with Crippen molar-refractivity contribution in [3.63, 3.8) is 0 Å². The van der Waals surface area contributed by atoms with Gasteiger partial charge in [0.05, 0.1) is 10.6 Å². The summed E-state index contributed by atoms with van der Waals surface area (Å²) in [4.78, 5) is 12.4. The molecule has 1 N–H and O–H groups in total. The van der Waals surface area contributed by atoms with Gasteiger partial charge >= 0.3 is 0 Å². The van der Waals surface area contributed by atoms with Crippen LogP contribution in [-0.4, -0.2) is 33.3 Å². The molecule has 1 aliphatic rings. The fourth-order valence-electron chi connectivity index (χ4n) is 3.05. The SMILES string of the molecule is O=C(CCS(=O)(=O)c1ccc2ccccc2c1)Nc1ccc2c(c1)OCCO2. The highest BCUT2D eigenvalue weighted by atomic mass is 32.2. The summed E-state index contributed by atoms with van der Waals surface area (Å²) in [7, 11) is -3.56. The van der Waals surface area contributed by atoms with E-state index in [2.05, 4.69) is 5.32 Å². The lowest BCUT2D eigenvalue weighted by molar-refractivity contribution is -0.115. The minimum absolute atomic E-state index is 0.135. The lowest BCUT2D eigenvalue weighted by Crippen LogP contribution is -2.18. The van der Waals surface area contributed by atoms with Gasteiger partial charge in [-0.1, -0.05) is 30.3 Å². The molecule has 1 aliphatic heterocycles. The molecule has 0 aliphatic carbocycles. The molecule has 1 heterocycles. The maximum atomic E-state index is 12.6. The Morgan fingerprint density at radius 1 is 0.893 bits per heavy atom. The number of carbonyl (C=O) groups is 1. The summed E-state index contributed by atoms with van der Waals surface area (Å²) in [5, 5.41) is 4.53. The van der Waals surface area contributed by atoms with Gasteiger partial charge < -0.3 is 14.8 Å². The molecule has 0 spiro atoms. The molecule has 4 rings (SSSR count). The van der Waals surface area contributed by atoms with Crippen molar-refractivity contribution < 1.29 is 22.7 Å². The molecule has 0 aromatic heterocycles. The van der Waals surface area contributed by atoms with Crippen molar-refractivity contribution in [2.24, 2.45) is 0 Å². The highest BCUT2D eigenvalue weighted by Crippen LogP contribution is 2.32. The van der Waals surface area contributed by atoms with E-state index in [1.807, 2.05) is 24.3 Å². The van der Waals surface area contributed by atoms with Crippen LogP contribution in [0.2, 0.25) is 0 Å². The van der Waals surface area contributed by atoms with Crippen molar-refractivity contribution in [1.29, 1.82) is 0 Å². The Morgan fingerprint density at radius 3 is 2.46 bits per heavy atom. The van der Waals surface area contributed by atoms with Crippen LogP contribution in [0.25, 0.3) is 10.8 Å². The average Bonchev–Trinajstić information content (AvgIpc) is 2.72. The molecule has 0 bridgehead atoms. The Morgan fingerprint density at radius 2 is 1.64 bits per heavy atom. The summed E-state index contributed by atoms with van der Waals surface area (Å²) in [6, 6.07) is 17.6. The van der Waals surface area contributed by atoms with E-state index in [1.54, 1.807) is 36.4 Å². The first kappa shape index (κ1) is 18.3. The second-order valence-electron chi connectivity index (χ2n) is 6.48.